The second kappa shape index (κ2) is 11.2. The second-order valence-electron chi connectivity index (χ2n) is 6.56. The number of hydrogen-bond donors (Lipinski definition) is 0. The minimum atomic E-state index is -0.159. The number of aryl methyl sites for hydroxylation is 1. The molecule has 0 amide bonds. The summed E-state index contributed by atoms with van der Waals surface area (Å²) in [7, 11) is 1.42. The summed E-state index contributed by atoms with van der Waals surface area (Å²) < 4.78 is 10.6. The first kappa shape index (κ1) is 20.7. The molecular formula is C22H30N2O3. The number of ether oxygens (including phenoxy) is 2. The van der Waals surface area contributed by atoms with Crippen molar-refractivity contribution >= 4 is 11.8 Å². The van der Waals surface area contributed by atoms with Crippen molar-refractivity contribution in [2.75, 3.05) is 25.2 Å². The van der Waals surface area contributed by atoms with Crippen LogP contribution >= 0.6 is 0 Å². The first-order valence-corrected chi connectivity index (χ1v) is 9.60. The highest BCUT2D eigenvalue weighted by molar-refractivity contribution is 5.69. The largest absolute Gasteiger partial charge is 0.492 e. The van der Waals surface area contributed by atoms with Gasteiger partial charge in [0.1, 0.15) is 18.2 Å². The molecule has 2 rings (SSSR count). The third-order valence-corrected chi connectivity index (χ3v) is 4.66. The van der Waals surface area contributed by atoms with Crippen molar-refractivity contribution in [2.24, 2.45) is 0 Å². The number of anilines is 1. The SMILES string of the molecule is CCC(C)N(CCOc1ccc(CCCC(=O)OC)cc1)c1ccccn1. The van der Waals surface area contributed by atoms with Crippen molar-refractivity contribution in [2.45, 2.75) is 45.6 Å². The van der Waals surface area contributed by atoms with E-state index >= 15 is 0 Å². The van der Waals surface area contributed by atoms with E-state index in [0.29, 0.717) is 19.1 Å². The van der Waals surface area contributed by atoms with Crippen LogP contribution in [0.15, 0.2) is 48.7 Å². The molecule has 0 radical (unpaired) electrons. The molecule has 2 aromatic rings. The normalized spacial score (nSPS) is 11.7. The number of carbonyl (C=O) groups is 1. The van der Waals surface area contributed by atoms with Crippen LogP contribution in [0, 0.1) is 0 Å². The van der Waals surface area contributed by atoms with Crippen LogP contribution in [-0.2, 0) is 16.0 Å². The molecule has 0 N–H and O–H groups in total. The standard InChI is InChI=1S/C22H30N2O3/c1-4-18(2)24(21-9-5-6-15-23-21)16-17-27-20-13-11-19(12-14-20)8-7-10-22(25)26-3/h5-6,9,11-15,18H,4,7-8,10,16-17H2,1-3H3. The van der Waals surface area contributed by atoms with E-state index in [2.05, 4.69) is 40.6 Å². The molecule has 0 spiro atoms. The van der Waals surface area contributed by atoms with Gasteiger partial charge in [0.25, 0.3) is 0 Å². The van der Waals surface area contributed by atoms with Crippen molar-refractivity contribution in [3.8, 4) is 5.75 Å². The lowest BCUT2D eigenvalue weighted by Gasteiger charge is -2.29. The number of carbonyl (C=O) groups excluding carboxylic acids is 1. The monoisotopic (exact) mass is 370 g/mol. The van der Waals surface area contributed by atoms with Crippen LogP contribution in [-0.4, -0.2) is 37.3 Å². The van der Waals surface area contributed by atoms with Crippen molar-refractivity contribution in [1.82, 2.24) is 4.98 Å². The molecule has 146 valence electrons. The third kappa shape index (κ3) is 6.93. The summed E-state index contributed by atoms with van der Waals surface area (Å²) in [4.78, 5) is 17.9. The number of nitrogens with zero attached hydrogens (tertiary/aromatic N) is 2. The average Bonchev–Trinajstić information content (AvgIpc) is 2.72. The van der Waals surface area contributed by atoms with Gasteiger partial charge in [0, 0.05) is 18.7 Å². The molecule has 0 aliphatic carbocycles. The number of methoxy groups -OCH3 is 1. The number of pyridine rings is 1. The summed E-state index contributed by atoms with van der Waals surface area (Å²) in [5.74, 6) is 1.68. The minimum absolute atomic E-state index is 0.159. The molecule has 1 aromatic heterocycles. The summed E-state index contributed by atoms with van der Waals surface area (Å²) in [5.41, 5.74) is 1.20. The number of rotatable bonds is 11. The van der Waals surface area contributed by atoms with Gasteiger partial charge < -0.3 is 14.4 Å². The Morgan fingerprint density at radius 1 is 1.19 bits per heavy atom. The quantitative estimate of drug-likeness (QED) is 0.553. The zero-order valence-electron chi connectivity index (χ0n) is 16.6. The van der Waals surface area contributed by atoms with Gasteiger partial charge in [0.15, 0.2) is 0 Å². The van der Waals surface area contributed by atoms with Crippen LogP contribution in [0.5, 0.6) is 5.75 Å². The number of aromatic nitrogens is 1. The summed E-state index contributed by atoms with van der Waals surface area (Å²) in [6.07, 6.45) is 4.98. The Morgan fingerprint density at radius 3 is 2.59 bits per heavy atom. The number of benzene rings is 1. The van der Waals surface area contributed by atoms with E-state index in [1.54, 1.807) is 0 Å². The van der Waals surface area contributed by atoms with E-state index in [1.165, 1.54) is 12.7 Å². The molecule has 5 nitrogen and oxygen atoms in total. The fraction of sp³-hybridized carbons (Fsp3) is 0.455. The topological polar surface area (TPSA) is 51.7 Å². The maximum Gasteiger partial charge on any atom is 0.305 e. The van der Waals surface area contributed by atoms with Gasteiger partial charge in [-0.05, 0) is 56.0 Å². The summed E-state index contributed by atoms with van der Waals surface area (Å²) >= 11 is 0. The summed E-state index contributed by atoms with van der Waals surface area (Å²) in [6, 6.07) is 14.5. The van der Waals surface area contributed by atoms with E-state index < -0.39 is 0 Å². The molecule has 1 heterocycles. The highest BCUT2D eigenvalue weighted by Crippen LogP contribution is 2.17. The molecule has 0 saturated carbocycles. The molecule has 1 atom stereocenters. The second-order valence-corrected chi connectivity index (χ2v) is 6.56. The molecular weight excluding hydrogens is 340 g/mol. The zero-order chi connectivity index (χ0) is 19.5. The van der Waals surface area contributed by atoms with Gasteiger partial charge in [-0.2, -0.15) is 0 Å². The molecule has 27 heavy (non-hydrogen) atoms. The zero-order valence-corrected chi connectivity index (χ0v) is 16.6. The maximum atomic E-state index is 11.2. The number of esters is 1. The lowest BCUT2D eigenvalue weighted by atomic mass is 10.1. The fourth-order valence-electron chi connectivity index (χ4n) is 2.86. The van der Waals surface area contributed by atoms with Gasteiger partial charge in [-0.25, -0.2) is 4.98 Å². The van der Waals surface area contributed by atoms with Crippen LogP contribution < -0.4 is 9.64 Å². The molecule has 0 bridgehead atoms. The van der Waals surface area contributed by atoms with Gasteiger partial charge in [0.05, 0.1) is 13.7 Å². The van der Waals surface area contributed by atoms with E-state index in [9.17, 15) is 4.79 Å². The predicted molar refractivity (Wildman–Crippen MR) is 108 cm³/mol. The van der Waals surface area contributed by atoms with Crippen LogP contribution in [0.1, 0.15) is 38.7 Å². The van der Waals surface area contributed by atoms with Gasteiger partial charge >= 0.3 is 5.97 Å². The van der Waals surface area contributed by atoms with Crippen LogP contribution in [0.2, 0.25) is 0 Å². The van der Waals surface area contributed by atoms with Crippen molar-refractivity contribution < 1.29 is 14.3 Å². The van der Waals surface area contributed by atoms with E-state index in [-0.39, 0.29) is 5.97 Å². The Kier molecular flexibility index (Phi) is 8.62. The molecule has 5 heteroatoms. The Morgan fingerprint density at radius 2 is 1.96 bits per heavy atom. The fourth-order valence-corrected chi connectivity index (χ4v) is 2.86. The van der Waals surface area contributed by atoms with E-state index in [4.69, 9.17) is 4.74 Å². The average molecular weight is 370 g/mol. The van der Waals surface area contributed by atoms with Gasteiger partial charge in [-0.3, -0.25) is 4.79 Å². The molecule has 0 fully saturated rings. The maximum absolute atomic E-state index is 11.2. The van der Waals surface area contributed by atoms with Crippen LogP contribution in [0.3, 0.4) is 0 Å². The Bertz CT molecular complexity index is 674. The lowest BCUT2D eigenvalue weighted by molar-refractivity contribution is -0.140. The van der Waals surface area contributed by atoms with Crippen LogP contribution in [0.25, 0.3) is 0 Å². The van der Waals surface area contributed by atoms with E-state index in [1.807, 2.05) is 36.5 Å². The third-order valence-electron chi connectivity index (χ3n) is 4.66. The number of hydrogen-bond acceptors (Lipinski definition) is 5. The molecule has 1 unspecified atom stereocenters. The molecule has 0 saturated heterocycles. The minimum Gasteiger partial charge on any atom is -0.492 e. The Hall–Kier alpha value is -2.56. The van der Waals surface area contributed by atoms with Gasteiger partial charge in [-0.15, -0.1) is 0 Å². The predicted octanol–water partition coefficient (Wildman–Crippen LogP) is 4.26. The highest BCUT2D eigenvalue weighted by Gasteiger charge is 2.13. The molecule has 1 aromatic carbocycles. The van der Waals surface area contributed by atoms with Crippen molar-refractivity contribution in [3.63, 3.8) is 0 Å². The first-order chi connectivity index (χ1) is 13.1. The van der Waals surface area contributed by atoms with Crippen molar-refractivity contribution in [1.29, 1.82) is 0 Å². The van der Waals surface area contributed by atoms with Gasteiger partial charge in [0.2, 0.25) is 0 Å². The molecule has 0 aliphatic heterocycles. The Labute approximate surface area is 162 Å². The van der Waals surface area contributed by atoms with Crippen molar-refractivity contribution in [3.05, 3.63) is 54.2 Å². The van der Waals surface area contributed by atoms with E-state index in [0.717, 1.165) is 37.4 Å². The molecule has 0 aliphatic rings. The smallest absolute Gasteiger partial charge is 0.305 e. The van der Waals surface area contributed by atoms with Crippen LogP contribution in [0.4, 0.5) is 5.82 Å². The Balaban J connectivity index is 1.82. The summed E-state index contributed by atoms with van der Waals surface area (Å²) in [6.45, 7) is 5.77. The lowest BCUT2D eigenvalue weighted by Crippen LogP contribution is -2.36. The summed E-state index contributed by atoms with van der Waals surface area (Å²) in [5, 5.41) is 0. The highest BCUT2D eigenvalue weighted by atomic mass is 16.5. The first-order valence-electron chi connectivity index (χ1n) is 9.60. The van der Waals surface area contributed by atoms with Gasteiger partial charge in [-0.1, -0.05) is 25.1 Å².